The van der Waals surface area contributed by atoms with Gasteiger partial charge in [0.2, 0.25) is 0 Å². The fourth-order valence-electron chi connectivity index (χ4n) is 2.15. The first-order chi connectivity index (χ1) is 8.18. The molecule has 0 aliphatic carbocycles. The number of nitrogens with one attached hydrogen (secondary N) is 1. The molecule has 1 N–H and O–H groups in total. The van der Waals surface area contributed by atoms with Crippen LogP contribution in [0.4, 0.5) is 10.1 Å². The first-order valence-electron chi connectivity index (χ1n) is 5.25. The lowest BCUT2D eigenvalue weighted by Crippen LogP contribution is -2.40. The van der Waals surface area contributed by atoms with Gasteiger partial charge in [-0.1, -0.05) is 18.2 Å². The lowest BCUT2D eigenvalue weighted by molar-refractivity contribution is -0.118. The molecule has 2 amide bonds. The van der Waals surface area contributed by atoms with Gasteiger partial charge in [0.05, 0.1) is 11.3 Å². The lowest BCUT2D eigenvalue weighted by atomic mass is 10.1. The van der Waals surface area contributed by atoms with Gasteiger partial charge in [-0.25, -0.2) is 4.39 Å². The second kappa shape index (κ2) is 3.41. The summed E-state index contributed by atoms with van der Waals surface area (Å²) in [5.74, 6) is -1.37. The Labute approximate surface area is 96.7 Å². The van der Waals surface area contributed by atoms with Crippen molar-refractivity contribution in [2.45, 2.75) is 6.04 Å². The second-order valence-electron chi connectivity index (χ2n) is 3.98. The van der Waals surface area contributed by atoms with E-state index in [1.807, 2.05) is 0 Å². The van der Waals surface area contributed by atoms with Crippen molar-refractivity contribution in [1.29, 1.82) is 0 Å². The van der Waals surface area contributed by atoms with E-state index in [0.29, 0.717) is 6.54 Å². The molecule has 86 valence electrons. The fourth-order valence-corrected chi connectivity index (χ4v) is 2.15. The van der Waals surface area contributed by atoms with Crippen LogP contribution in [0.25, 0.3) is 0 Å². The number of fused-ring (bicyclic) bond motifs is 2. The van der Waals surface area contributed by atoms with Gasteiger partial charge in [-0.05, 0) is 12.1 Å². The molecule has 2 aliphatic rings. The first-order valence-corrected chi connectivity index (χ1v) is 5.25. The SMILES string of the molecule is O=C1Nc2cccc(F)c2C(=O)N2CC=C[C@@H]12. The van der Waals surface area contributed by atoms with Crippen LogP contribution in [0.5, 0.6) is 0 Å². The van der Waals surface area contributed by atoms with E-state index < -0.39 is 17.8 Å². The molecule has 0 aromatic heterocycles. The monoisotopic (exact) mass is 232 g/mol. The summed E-state index contributed by atoms with van der Waals surface area (Å²) in [7, 11) is 0. The molecule has 0 fully saturated rings. The topological polar surface area (TPSA) is 49.4 Å². The van der Waals surface area contributed by atoms with Crippen LogP contribution in [0.2, 0.25) is 0 Å². The van der Waals surface area contributed by atoms with Crippen molar-refractivity contribution in [2.75, 3.05) is 11.9 Å². The molecule has 0 unspecified atom stereocenters. The summed E-state index contributed by atoms with van der Waals surface area (Å²) in [6.07, 6.45) is 3.38. The van der Waals surface area contributed by atoms with E-state index in [4.69, 9.17) is 0 Å². The molecule has 0 saturated heterocycles. The van der Waals surface area contributed by atoms with E-state index in [1.165, 1.54) is 23.1 Å². The zero-order valence-corrected chi connectivity index (χ0v) is 8.81. The fraction of sp³-hybridized carbons (Fsp3) is 0.167. The van der Waals surface area contributed by atoms with Crippen molar-refractivity contribution in [3.63, 3.8) is 0 Å². The highest BCUT2D eigenvalue weighted by atomic mass is 19.1. The molecule has 1 atom stereocenters. The average Bonchev–Trinajstić information content (AvgIpc) is 2.73. The van der Waals surface area contributed by atoms with Crippen LogP contribution >= 0.6 is 0 Å². The Morgan fingerprint density at radius 2 is 2.18 bits per heavy atom. The summed E-state index contributed by atoms with van der Waals surface area (Å²) in [4.78, 5) is 25.3. The minimum Gasteiger partial charge on any atom is -0.323 e. The van der Waals surface area contributed by atoms with E-state index in [9.17, 15) is 14.0 Å². The number of hydrogen-bond donors (Lipinski definition) is 1. The van der Waals surface area contributed by atoms with Crippen molar-refractivity contribution in [1.82, 2.24) is 4.90 Å². The molecule has 0 radical (unpaired) electrons. The van der Waals surface area contributed by atoms with Gasteiger partial charge in [-0.3, -0.25) is 9.59 Å². The second-order valence-corrected chi connectivity index (χ2v) is 3.98. The average molecular weight is 232 g/mol. The first kappa shape index (κ1) is 10.0. The molecule has 0 spiro atoms. The van der Waals surface area contributed by atoms with Crippen molar-refractivity contribution in [2.24, 2.45) is 0 Å². The van der Waals surface area contributed by atoms with Crippen molar-refractivity contribution in [3.8, 4) is 0 Å². The third kappa shape index (κ3) is 1.35. The zero-order valence-electron chi connectivity index (χ0n) is 8.81. The molecular formula is C12H9FN2O2. The van der Waals surface area contributed by atoms with Crippen molar-refractivity contribution >= 4 is 17.5 Å². The number of rotatable bonds is 0. The van der Waals surface area contributed by atoms with Crippen LogP contribution in [-0.4, -0.2) is 29.3 Å². The molecule has 1 aromatic carbocycles. The standard InChI is InChI=1S/C12H9FN2O2/c13-7-3-1-4-8-10(7)12(17)15-6-2-5-9(15)11(16)14-8/h1-5,9H,6H2,(H,14,16)/t9-/m0/s1. The Bertz CT molecular complexity index is 553. The van der Waals surface area contributed by atoms with Crippen LogP contribution in [0.3, 0.4) is 0 Å². The Morgan fingerprint density at radius 1 is 1.35 bits per heavy atom. The number of benzene rings is 1. The molecule has 1 aromatic rings. The highest BCUT2D eigenvalue weighted by Gasteiger charge is 2.36. The van der Waals surface area contributed by atoms with E-state index in [-0.39, 0.29) is 17.2 Å². The number of amides is 2. The largest absolute Gasteiger partial charge is 0.323 e. The number of carbonyl (C=O) groups is 2. The number of anilines is 1. The number of halogens is 1. The maximum absolute atomic E-state index is 13.7. The molecular weight excluding hydrogens is 223 g/mol. The maximum atomic E-state index is 13.7. The van der Waals surface area contributed by atoms with Gasteiger partial charge >= 0.3 is 0 Å². The summed E-state index contributed by atoms with van der Waals surface area (Å²) in [6.45, 7) is 0.338. The van der Waals surface area contributed by atoms with E-state index in [1.54, 1.807) is 12.2 Å². The molecule has 5 heteroatoms. The van der Waals surface area contributed by atoms with Crippen LogP contribution in [0.1, 0.15) is 10.4 Å². The van der Waals surface area contributed by atoms with Gasteiger partial charge in [-0.2, -0.15) is 0 Å². The molecule has 3 rings (SSSR count). The van der Waals surface area contributed by atoms with Gasteiger partial charge < -0.3 is 10.2 Å². The third-order valence-electron chi connectivity index (χ3n) is 2.97. The highest BCUT2D eigenvalue weighted by molar-refractivity contribution is 6.11. The van der Waals surface area contributed by atoms with Crippen LogP contribution in [0.15, 0.2) is 30.4 Å². The zero-order chi connectivity index (χ0) is 12.0. The van der Waals surface area contributed by atoms with E-state index in [2.05, 4.69) is 5.32 Å². The third-order valence-corrected chi connectivity index (χ3v) is 2.97. The summed E-state index contributed by atoms with van der Waals surface area (Å²) < 4.78 is 13.7. The predicted molar refractivity (Wildman–Crippen MR) is 59.0 cm³/mol. The number of nitrogens with zero attached hydrogens (tertiary/aromatic N) is 1. The van der Waals surface area contributed by atoms with E-state index in [0.717, 1.165) is 0 Å². The summed E-state index contributed by atoms with van der Waals surface area (Å²) in [5, 5.41) is 2.57. The predicted octanol–water partition coefficient (Wildman–Crippen LogP) is 1.16. The Kier molecular flexibility index (Phi) is 2.01. The van der Waals surface area contributed by atoms with Crippen LogP contribution < -0.4 is 5.32 Å². The minimum atomic E-state index is -0.630. The minimum absolute atomic E-state index is 0.0629. The van der Waals surface area contributed by atoms with Gasteiger partial charge in [0, 0.05) is 6.54 Å². The van der Waals surface area contributed by atoms with Gasteiger partial charge in [0.1, 0.15) is 11.9 Å². The molecule has 4 nitrogen and oxygen atoms in total. The maximum Gasteiger partial charge on any atom is 0.260 e. The smallest absolute Gasteiger partial charge is 0.260 e. The summed E-state index contributed by atoms with van der Waals surface area (Å²) in [6, 6.07) is 3.58. The lowest BCUT2D eigenvalue weighted by Gasteiger charge is -2.19. The van der Waals surface area contributed by atoms with Crippen LogP contribution in [0, 0.1) is 5.82 Å². The van der Waals surface area contributed by atoms with Crippen molar-refractivity contribution in [3.05, 3.63) is 41.7 Å². The number of hydrogen-bond acceptors (Lipinski definition) is 2. The molecule has 0 bridgehead atoms. The molecule has 2 aliphatic heterocycles. The Morgan fingerprint density at radius 3 is 3.00 bits per heavy atom. The molecule has 0 saturated carbocycles. The van der Waals surface area contributed by atoms with Gasteiger partial charge in [-0.15, -0.1) is 0 Å². The molecule has 2 heterocycles. The van der Waals surface area contributed by atoms with Gasteiger partial charge in [0.15, 0.2) is 0 Å². The number of carbonyl (C=O) groups excluding carboxylic acids is 2. The Hall–Kier alpha value is -2.17. The summed E-state index contributed by atoms with van der Waals surface area (Å²) in [5.41, 5.74) is 0.176. The highest BCUT2D eigenvalue weighted by Crippen LogP contribution is 2.27. The van der Waals surface area contributed by atoms with Crippen molar-refractivity contribution < 1.29 is 14.0 Å². The van der Waals surface area contributed by atoms with Gasteiger partial charge in [0.25, 0.3) is 11.8 Å². The normalized spacial score (nSPS) is 21.9. The molecule has 17 heavy (non-hydrogen) atoms. The summed E-state index contributed by atoms with van der Waals surface area (Å²) >= 11 is 0. The quantitative estimate of drug-likeness (QED) is 0.682. The van der Waals surface area contributed by atoms with Crippen LogP contribution in [-0.2, 0) is 4.79 Å². The van der Waals surface area contributed by atoms with E-state index >= 15 is 0 Å². The Balaban J connectivity index is 2.17.